The van der Waals surface area contributed by atoms with Crippen LogP contribution < -0.4 is 12.4 Å². The second-order valence-corrected chi connectivity index (χ2v) is 1.94. The molecule has 0 amide bonds. The number of hydrogen-bond acceptors (Lipinski definition) is 1. The molecule has 0 radical (unpaired) electrons. The SMILES string of the molecule is ClC=[N+]1CCOCC1.[Cl-]. The standard InChI is InChI=1S/C5H9ClNO.ClH/c6-5-7-1-3-8-4-2-7;/h5H,1-4H2;1H/q+1;/p-1. The van der Waals surface area contributed by atoms with Crippen LogP contribution in [0, 0.1) is 0 Å². The summed E-state index contributed by atoms with van der Waals surface area (Å²) in [6.07, 6.45) is 0. The van der Waals surface area contributed by atoms with Gasteiger partial charge < -0.3 is 17.1 Å². The van der Waals surface area contributed by atoms with Crippen LogP contribution in [0.25, 0.3) is 0 Å². The Morgan fingerprint density at radius 2 is 1.89 bits per heavy atom. The first kappa shape index (κ1) is 9.21. The predicted molar refractivity (Wildman–Crippen MR) is 32.7 cm³/mol. The van der Waals surface area contributed by atoms with Gasteiger partial charge in [0.25, 0.3) is 0 Å². The molecule has 54 valence electrons. The van der Waals surface area contributed by atoms with Crippen molar-refractivity contribution in [2.45, 2.75) is 0 Å². The third-order valence-electron chi connectivity index (χ3n) is 1.18. The molecule has 0 aromatic heterocycles. The fourth-order valence-electron chi connectivity index (χ4n) is 0.675. The van der Waals surface area contributed by atoms with E-state index in [9.17, 15) is 0 Å². The minimum Gasteiger partial charge on any atom is -1.00 e. The van der Waals surface area contributed by atoms with E-state index in [1.807, 2.05) is 4.58 Å². The van der Waals surface area contributed by atoms with E-state index in [4.69, 9.17) is 16.3 Å². The number of ether oxygens (including phenoxy) is 1. The van der Waals surface area contributed by atoms with E-state index in [2.05, 4.69) is 0 Å². The maximum atomic E-state index is 5.43. The summed E-state index contributed by atoms with van der Waals surface area (Å²) in [5.41, 5.74) is 1.59. The zero-order valence-electron chi connectivity index (χ0n) is 5.02. The van der Waals surface area contributed by atoms with Crippen molar-refractivity contribution >= 4 is 17.3 Å². The van der Waals surface area contributed by atoms with Crippen LogP contribution in [-0.4, -0.2) is 36.6 Å². The number of morpholine rings is 1. The van der Waals surface area contributed by atoms with Gasteiger partial charge in [-0.3, -0.25) is 0 Å². The molecule has 9 heavy (non-hydrogen) atoms. The van der Waals surface area contributed by atoms with Gasteiger partial charge in [0.05, 0.1) is 0 Å². The Kier molecular flexibility index (Phi) is 5.15. The van der Waals surface area contributed by atoms with E-state index in [1.165, 1.54) is 0 Å². The van der Waals surface area contributed by atoms with Crippen molar-refractivity contribution in [2.75, 3.05) is 26.3 Å². The summed E-state index contributed by atoms with van der Waals surface area (Å²) in [4.78, 5) is 0. The fourth-order valence-corrected chi connectivity index (χ4v) is 0.870. The summed E-state index contributed by atoms with van der Waals surface area (Å²) in [5.74, 6) is 0. The van der Waals surface area contributed by atoms with Gasteiger partial charge >= 0.3 is 0 Å². The van der Waals surface area contributed by atoms with Crippen LogP contribution >= 0.6 is 11.6 Å². The Bertz CT molecular complexity index is 97.1. The molecule has 0 bridgehead atoms. The largest absolute Gasteiger partial charge is 1.00 e. The van der Waals surface area contributed by atoms with E-state index < -0.39 is 0 Å². The van der Waals surface area contributed by atoms with E-state index in [0.717, 1.165) is 26.3 Å². The third kappa shape index (κ3) is 3.04. The second kappa shape index (κ2) is 5.03. The number of hydrogen-bond donors (Lipinski definition) is 0. The molecule has 1 heterocycles. The highest BCUT2D eigenvalue weighted by Gasteiger charge is 2.08. The first-order chi connectivity index (χ1) is 3.93. The van der Waals surface area contributed by atoms with Crippen molar-refractivity contribution in [3.63, 3.8) is 0 Å². The average Bonchev–Trinajstić information content (AvgIpc) is 1.90. The smallest absolute Gasteiger partial charge is 0.232 e. The molecular formula is C5H9Cl2NO. The lowest BCUT2D eigenvalue weighted by atomic mass is 10.5. The fraction of sp³-hybridized carbons (Fsp3) is 0.800. The van der Waals surface area contributed by atoms with Crippen LogP contribution in [0.15, 0.2) is 0 Å². The van der Waals surface area contributed by atoms with Crippen LogP contribution in [0.3, 0.4) is 0 Å². The Morgan fingerprint density at radius 1 is 1.33 bits per heavy atom. The van der Waals surface area contributed by atoms with Gasteiger partial charge in [0.15, 0.2) is 13.1 Å². The van der Waals surface area contributed by atoms with Gasteiger partial charge in [-0.15, -0.1) is 0 Å². The molecule has 1 rings (SSSR count). The normalized spacial score (nSPS) is 18.6. The molecule has 1 aliphatic heterocycles. The monoisotopic (exact) mass is 169 g/mol. The molecule has 0 aromatic rings. The molecular weight excluding hydrogens is 161 g/mol. The summed E-state index contributed by atoms with van der Waals surface area (Å²) in [6.45, 7) is 3.49. The Hall–Kier alpha value is 0.210. The van der Waals surface area contributed by atoms with Crippen LogP contribution in [0.4, 0.5) is 0 Å². The average molecular weight is 170 g/mol. The highest BCUT2D eigenvalue weighted by Crippen LogP contribution is 1.87. The summed E-state index contributed by atoms with van der Waals surface area (Å²) >= 11 is 5.43. The summed E-state index contributed by atoms with van der Waals surface area (Å²) in [6, 6.07) is 0. The van der Waals surface area contributed by atoms with Gasteiger partial charge in [-0.05, 0) is 11.6 Å². The lowest BCUT2D eigenvalue weighted by Crippen LogP contribution is -3.00. The van der Waals surface area contributed by atoms with Crippen molar-refractivity contribution in [1.82, 2.24) is 0 Å². The Morgan fingerprint density at radius 3 is 2.22 bits per heavy atom. The van der Waals surface area contributed by atoms with Crippen LogP contribution in [0.5, 0.6) is 0 Å². The van der Waals surface area contributed by atoms with Crippen molar-refractivity contribution in [3.05, 3.63) is 0 Å². The first-order valence-electron chi connectivity index (χ1n) is 2.69. The van der Waals surface area contributed by atoms with Gasteiger partial charge in [0, 0.05) is 0 Å². The molecule has 0 saturated carbocycles. The second-order valence-electron chi connectivity index (χ2n) is 1.75. The third-order valence-corrected chi connectivity index (χ3v) is 1.46. The molecule has 1 aliphatic rings. The van der Waals surface area contributed by atoms with Crippen LogP contribution in [-0.2, 0) is 4.74 Å². The quantitative estimate of drug-likeness (QED) is 0.360. The highest BCUT2D eigenvalue weighted by molar-refractivity contribution is 6.54. The molecule has 0 spiro atoms. The summed E-state index contributed by atoms with van der Waals surface area (Å²) in [5, 5.41) is 0. The van der Waals surface area contributed by atoms with Gasteiger partial charge in [-0.25, -0.2) is 4.58 Å². The Labute approximate surface area is 65.9 Å². The topological polar surface area (TPSA) is 12.2 Å². The van der Waals surface area contributed by atoms with Crippen molar-refractivity contribution in [2.24, 2.45) is 0 Å². The van der Waals surface area contributed by atoms with Crippen LogP contribution in [0.2, 0.25) is 0 Å². The van der Waals surface area contributed by atoms with Gasteiger partial charge in [0.2, 0.25) is 5.67 Å². The number of nitrogens with zero attached hydrogens (tertiary/aromatic N) is 1. The van der Waals surface area contributed by atoms with Gasteiger partial charge in [-0.2, -0.15) is 0 Å². The minimum atomic E-state index is 0. The molecule has 0 aromatic carbocycles. The molecule has 0 aliphatic carbocycles. The van der Waals surface area contributed by atoms with Crippen molar-refractivity contribution in [3.8, 4) is 0 Å². The molecule has 1 fully saturated rings. The summed E-state index contributed by atoms with van der Waals surface area (Å²) < 4.78 is 7.11. The lowest BCUT2D eigenvalue weighted by molar-refractivity contribution is -0.543. The number of halogens is 2. The van der Waals surface area contributed by atoms with Gasteiger partial charge in [0.1, 0.15) is 13.2 Å². The zero-order chi connectivity index (χ0) is 5.82. The predicted octanol–water partition coefficient (Wildman–Crippen LogP) is -2.70. The van der Waals surface area contributed by atoms with Crippen LogP contribution in [0.1, 0.15) is 0 Å². The molecule has 2 nitrogen and oxygen atoms in total. The molecule has 0 atom stereocenters. The maximum absolute atomic E-state index is 5.43. The van der Waals surface area contributed by atoms with Crippen molar-refractivity contribution < 1.29 is 21.7 Å². The van der Waals surface area contributed by atoms with Gasteiger partial charge in [-0.1, -0.05) is 0 Å². The first-order valence-corrected chi connectivity index (χ1v) is 3.12. The van der Waals surface area contributed by atoms with E-state index in [-0.39, 0.29) is 12.4 Å². The number of rotatable bonds is 0. The Balaban J connectivity index is 0.000000640. The summed E-state index contributed by atoms with van der Waals surface area (Å²) in [7, 11) is 0. The van der Waals surface area contributed by atoms with E-state index >= 15 is 0 Å². The van der Waals surface area contributed by atoms with E-state index in [1.54, 1.807) is 5.67 Å². The lowest BCUT2D eigenvalue weighted by Gasteiger charge is -2.08. The molecule has 4 heteroatoms. The zero-order valence-corrected chi connectivity index (χ0v) is 6.53. The van der Waals surface area contributed by atoms with Crippen molar-refractivity contribution in [1.29, 1.82) is 0 Å². The maximum Gasteiger partial charge on any atom is 0.232 e. The molecule has 0 unspecified atom stereocenters. The molecule has 0 N–H and O–H groups in total. The molecule has 1 saturated heterocycles. The highest BCUT2D eigenvalue weighted by atomic mass is 35.5. The minimum absolute atomic E-state index is 0. The van der Waals surface area contributed by atoms with E-state index in [0.29, 0.717) is 0 Å².